The van der Waals surface area contributed by atoms with E-state index in [2.05, 4.69) is 31.9 Å². The van der Waals surface area contributed by atoms with E-state index >= 15 is 0 Å². The summed E-state index contributed by atoms with van der Waals surface area (Å²) < 4.78 is 0. The fourth-order valence-corrected chi connectivity index (χ4v) is 0.981. The molecule has 0 unspecified atom stereocenters. The smallest absolute Gasteiger partial charge is 0.0724 e. The Morgan fingerprint density at radius 3 is 2.00 bits per heavy atom. The molecule has 1 atom stereocenters. The van der Waals surface area contributed by atoms with Gasteiger partial charge < -0.3 is 5.11 Å². The molecule has 0 saturated carbocycles. The molecular formula is C5H10Br2O. The fourth-order valence-electron chi connectivity index (χ4n) is 0.189. The summed E-state index contributed by atoms with van der Waals surface area (Å²) in [7, 11) is 0. The van der Waals surface area contributed by atoms with Crippen LogP contribution in [-0.2, 0) is 0 Å². The summed E-state index contributed by atoms with van der Waals surface area (Å²) in [5, 5.41) is 9.98. The van der Waals surface area contributed by atoms with Crippen molar-refractivity contribution >= 4 is 31.9 Å². The molecule has 0 aromatic heterocycles. The van der Waals surface area contributed by atoms with Crippen LogP contribution in [-0.4, -0.2) is 20.9 Å². The minimum Gasteiger partial charge on any atom is -0.389 e. The molecule has 0 aromatic carbocycles. The largest absolute Gasteiger partial charge is 0.389 e. The molecule has 0 amide bonds. The van der Waals surface area contributed by atoms with E-state index in [0.717, 1.165) is 5.33 Å². The number of aliphatic hydroxyl groups is 1. The first-order valence-corrected chi connectivity index (χ1v) is 4.44. The molecule has 8 heavy (non-hydrogen) atoms. The van der Waals surface area contributed by atoms with E-state index in [9.17, 15) is 5.11 Å². The molecule has 1 nitrogen and oxygen atoms in total. The maximum absolute atomic E-state index is 9.21. The molecule has 0 heterocycles. The Balaban J connectivity index is 3.62. The minimum absolute atomic E-state index is 0.134. The highest BCUT2D eigenvalue weighted by Crippen LogP contribution is 2.18. The van der Waals surface area contributed by atoms with E-state index in [1.807, 2.05) is 0 Å². The van der Waals surface area contributed by atoms with Gasteiger partial charge in [0.2, 0.25) is 0 Å². The average molecular weight is 246 g/mol. The van der Waals surface area contributed by atoms with Gasteiger partial charge in [-0.2, -0.15) is 0 Å². The lowest BCUT2D eigenvalue weighted by molar-refractivity contribution is 0.0857. The maximum atomic E-state index is 9.21. The van der Waals surface area contributed by atoms with Gasteiger partial charge in [0.05, 0.1) is 10.4 Å². The first-order chi connectivity index (χ1) is 3.48. The predicted octanol–water partition coefficient (Wildman–Crippen LogP) is 1.92. The summed E-state index contributed by atoms with van der Waals surface area (Å²) in [5.41, 5.74) is -0.622. The van der Waals surface area contributed by atoms with Crippen molar-refractivity contribution in [1.82, 2.24) is 0 Å². The minimum atomic E-state index is -0.622. The number of hydrogen-bond acceptors (Lipinski definition) is 1. The first kappa shape index (κ1) is 8.92. The lowest BCUT2D eigenvalue weighted by atomic mass is 10.1. The molecule has 3 heteroatoms. The second-order valence-electron chi connectivity index (χ2n) is 2.28. The van der Waals surface area contributed by atoms with E-state index in [1.165, 1.54) is 0 Å². The van der Waals surface area contributed by atoms with Crippen molar-refractivity contribution in [3.63, 3.8) is 0 Å². The number of rotatable bonds is 2. The van der Waals surface area contributed by atoms with Crippen molar-refractivity contribution in [3.8, 4) is 0 Å². The summed E-state index contributed by atoms with van der Waals surface area (Å²) in [5.74, 6) is 0. The van der Waals surface area contributed by atoms with Crippen LogP contribution in [0.5, 0.6) is 0 Å². The number of alkyl halides is 2. The summed E-state index contributed by atoms with van der Waals surface area (Å²) in [6.45, 7) is 3.54. The third-order valence-corrected chi connectivity index (χ3v) is 3.86. The summed E-state index contributed by atoms with van der Waals surface area (Å²) in [6, 6.07) is 0. The van der Waals surface area contributed by atoms with Crippen LogP contribution in [0.1, 0.15) is 13.8 Å². The molecule has 50 valence electrons. The van der Waals surface area contributed by atoms with Crippen molar-refractivity contribution in [2.75, 3.05) is 5.33 Å². The van der Waals surface area contributed by atoms with Crippen LogP contribution in [0.2, 0.25) is 0 Å². The number of hydrogen-bond donors (Lipinski definition) is 1. The first-order valence-electron chi connectivity index (χ1n) is 2.41. The van der Waals surface area contributed by atoms with Gasteiger partial charge in [0.25, 0.3) is 0 Å². The molecule has 0 aliphatic heterocycles. The van der Waals surface area contributed by atoms with E-state index < -0.39 is 5.60 Å². The second kappa shape index (κ2) is 3.18. The third kappa shape index (κ3) is 3.05. The predicted molar refractivity (Wildman–Crippen MR) is 42.8 cm³/mol. The van der Waals surface area contributed by atoms with Gasteiger partial charge in [0.15, 0.2) is 0 Å². The van der Waals surface area contributed by atoms with Gasteiger partial charge in [-0.05, 0) is 13.8 Å². The molecule has 1 N–H and O–H groups in total. The van der Waals surface area contributed by atoms with E-state index in [0.29, 0.717) is 0 Å². The standard InChI is InChI=1S/C5H10Br2O/c1-5(2,8)4(7)3-6/h4,8H,3H2,1-2H3/t4-/m1/s1. The topological polar surface area (TPSA) is 20.2 Å². The second-order valence-corrected chi connectivity index (χ2v) is 4.03. The Hall–Kier alpha value is 0.920. The molecule has 0 rings (SSSR count). The van der Waals surface area contributed by atoms with Crippen LogP contribution in [0.3, 0.4) is 0 Å². The van der Waals surface area contributed by atoms with Gasteiger partial charge in [-0.15, -0.1) is 0 Å². The SMILES string of the molecule is CC(C)(O)[C@H](Br)CBr. The summed E-state index contributed by atoms with van der Waals surface area (Å²) >= 11 is 6.54. The van der Waals surface area contributed by atoms with Crippen LogP contribution in [0.25, 0.3) is 0 Å². The quantitative estimate of drug-likeness (QED) is 0.738. The summed E-state index contributed by atoms with van der Waals surface area (Å²) in [6.07, 6.45) is 0. The molecule has 0 radical (unpaired) electrons. The highest BCUT2D eigenvalue weighted by Gasteiger charge is 2.22. The van der Waals surface area contributed by atoms with Crippen LogP contribution in [0.15, 0.2) is 0 Å². The van der Waals surface area contributed by atoms with Crippen LogP contribution in [0.4, 0.5) is 0 Å². The van der Waals surface area contributed by atoms with Gasteiger partial charge >= 0.3 is 0 Å². The summed E-state index contributed by atoms with van der Waals surface area (Å²) in [4.78, 5) is 0.134. The molecule has 0 saturated heterocycles. The van der Waals surface area contributed by atoms with Crippen molar-refractivity contribution in [1.29, 1.82) is 0 Å². The lowest BCUT2D eigenvalue weighted by Gasteiger charge is -2.21. The van der Waals surface area contributed by atoms with Gasteiger partial charge in [-0.1, -0.05) is 31.9 Å². The molecule has 0 aliphatic carbocycles. The van der Waals surface area contributed by atoms with Crippen molar-refractivity contribution in [2.24, 2.45) is 0 Å². The van der Waals surface area contributed by atoms with Gasteiger partial charge in [0.1, 0.15) is 0 Å². The highest BCUT2D eigenvalue weighted by molar-refractivity contribution is 9.12. The van der Waals surface area contributed by atoms with Crippen molar-refractivity contribution in [2.45, 2.75) is 24.3 Å². The maximum Gasteiger partial charge on any atom is 0.0724 e. The van der Waals surface area contributed by atoms with Crippen molar-refractivity contribution < 1.29 is 5.11 Å². The average Bonchev–Trinajstić information content (AvgIpc) is 1.62. The van der Waals surface area contributed by atoms with E-state index in [4.69, 9.17) is 0 Å². The molecule has 0 spiro atoms. The molecule has 0 aromatic rings. The zero-order valence-corrected chi connectivity index (χ0v) is 8.16. The molecular weight excluding hydrogens is 236 g/mol. The third-order valence-electron chi connectivity index (χ3n) is 0.902. The Morgan fingerprint density at radius 1 is 1.62 bits per heavy atom. The van der Waals surface area contributed by atoms with E-state index in [1.54, 1.807) is 13.8 Å². The van der Waals surface area contributed by atoms with Gasteiger partial charge in [-0.25, -0.2) is 0 Å². The van der Waals surface area contributed by atoms with E-state index in [-0.39, 0.29) is 4.83 Å². The lowest BCUT2D eigenvalue weighted by Crippen LogP contribution is -2.32. The molecule has 0 bridgehead atoms. The van der Waals surface area contributed by atoms with Crippen LogP contribution in [0, 0.1) is 0 Å². The Morgan fingerprint density at radius 2 is 2.00 bits per heavy atom. The van der Waals surface area contributed by atoms with Gasteiger partial charge in [0, 0.05) is 5.33 Å². The Kier molecular flexibility index (Phi) is 3.55. The Labute approximate surface area is 66.7 Å². The molecule has 0 fully saturated rings. The zero-order chi connectivity index (χ0) is 6.78. The number of halogens is 2. The highest BCUT2D eigenvalue weighted by atomic mass is 79.9. The zero-order valence-electron chi connectivity index (χ0n) is 4.99. The normalized spacial score (nSPS) is 16.1. The van der Waals surface area contributed by atoms with Crippen LogP contribution < -0.4 is 0 Å². The molecule has 0 aliphatic rings. The van der Waals surface area contributed by atoms with Crippen LogP contribution >= 0.6 is 31.9 Å². The van der Waals surface area contributed by atoms with Gasteiger partial charge in [-0.3, -0.25) is 0 Å². The fraction of sp³-hybridized carbons (Fsp3) is 1.00. The Bertz CT molecular complexity index is 67.3. The monoisotopic (exact) mass is 244 g/mol. The van der Waals surface area contributed by atoms with Crippen molar-refractivity contribution in [3.05, 3.63) is 0 Å².